The Balaban J connectivity index is 2.20. The van der Waals surface area contributed by atoms with Crippen LogP contribution in [0.25, 0.3) is 22.0 Å². The first-order valence-corrected chi connectivity index (χ1v) is 6.62. The number of hydrogen-bond acceptors (Lipinski definition) is 2. The molecule has 0 aliphatic rings. The predicted molar refractivity (Wildman–Crippen MR) is 78.6 cm³/mol. The van der Waals surface area contributed by atoms with Crippen LogP contribution in [0.1, 0.15) is 11.1 Å². The summed E-state index contributed by atoms with van der Waals surface area (Å²) in [5.74, 6) is 0.148. The molecule has 3 rings (SSSR count). The van der Waals surface area contributed by atoms with Crippen LogP contribution in [0.2, 0.25) is 0 Å². The number of halogens is 3. The summed E-state index contributed by atoms with van der Waals surface area (Å²) < 4.78 is 38.3. The van der Waals surface area contributed by atoms with Crippen LogP contribution in [0.3, 0.4) is 0 Å². The van der Waals surface area contributed by atoms with Gasteiger partial charge in [0, 0.05) is 11.6 Å². The zero-order chi connectivity index (χ0) is 15.9. The first kappa shape index (κ1) is 14.4. The lowest BCUT2D eigenvalue weighted by atomic mass is 9.99. The van der Waals surface area contributed by atoms with Crippen LogP contribution in [0.5, 0.6) is 5.75 Å². The minimum Gasteiger partial charge on any atom is -0.508 e. The molecule has 1 aromatic heterocycles. The Bertz CT molecular complexity index is 856. The average Bonchev–Trinajstić information content (AvgIpc) is 2.48. The highest BCUT2D eigenvalue weighted by Crippen LogP contribution is 2.35. The SMILES string of the molecule is Cc1ccc(-c2ccnc3cc(C(F)(F)F)ccc23)cc1O. The standard InChI is InChI=1S/C17H12F3NO/c1-10-2-3-11(8-16(10)22)13-6-7-21-15-9-12(17(18,19)20)4-5-14(13)15/h2-9,22H,1H3. The molecule has 3 aromatic rings. The van der Waals surface area contributed by atoms with Gasteiger partial charge in [-0.25, -0.2) is 0 Å². The summed E-state index contributed by atoms with van der Waals surface area (Å²) in [6.45, 7) is 1.78. The number of phenols is 1. The van der Waals surface area contributed by atoms with Crippen molar-refractivity contribution in [2.24, 2.45) is 0 Å². The molecule has 0 amide bonds. The van der Waals surface area contributed by atoms with E-state index < -0.39 is 11.7 Å². The molecule has 0 bridgehead atoms. The van der Waals surface area contributed by atoms with Gasteiger partial charge in [0.25, 0.3) is 0 Å². The molecule has 2 nitrogen and oxygen atoms in total. The highest BCUT2D eigenvalue weighted by atomic mass is 19.4. The van der Waals surface area contributed by atoms with Gasteiger partial charge < -0.3 is 5.11 Å². The second-order valence-corrected chi connectivity index (χ2v) is 5.09. The Morgan fingerprint density at radius 2 is 1.77 bits per heavy atom. The molecule has 0 radical (unpaired) electrons. The average molecular weight is 303 g/mol. The van der Waals surface area contributed by atoms with E-state index in [0.29, 0.717) is 5.39 Å². The third-order valence-corrected chi connectivity index (χ3v) is 3.59. The first-order chi connectivity index (χ1) is 10.4. The first-order valence-electron chi connectivity index (χ1n) is 6.62. The lowest BCUT2D eigenvalue weighted by Crippen LogP contribution is -2.04. The highest BCUT2D eigenvalue weighted by Gasteiger charge is 2.30. The van der Waals surface area contributed by atoms with Crippen LogP contribution in [0.4, 0.5) is 13.2 Å². The fraction of sp³-hybridized carbons (Fsp3) is 0.118. The van der Waals surface area contributed by atoms with Gasteiger partial charge in [-0.05, 0) is 47.9 Å². The fourth-order valence-electron chi connectivity index (χ4n) is 2.35. The maximum Gasteiger partial charge on any atom is 0.416 e. The summed E-state index contributed by atoms with van der Waals surface area (Å²) in [7, 11) is 0. The largest absolute Gasteiger partial charge is 0.508 e. The molecule has 0 aliphatic heterocycles. The van der Waals surface area contributed by atoms with Gasteiger partial charge in [0.1, 0.15) is 5.75 Å². The van der Waals surface area contributed by atoms with Gasteiger partial charge in [-0.2, -0.15) is 13.2 Å². The number of aryl methyl sites for hydroxylation is 1. The van der Waals surface area contributed by atoms with E-state index in [1.54, 1.807) is 25.1 Å². The zero-order valence-corrected chi connectivity index (χ0v) is 11.6. The second-order valence-electron chi connectivity index (χ2n) is 5.09. The topological polar surface area (TPSA) is 33.1 Å². The van der Waals surface area contributed by atoms with Crippen molar-refractivity contribution >= 4 is 10.9 Å². The number of alkyl halides is 3. The molecular weight excluding hydrogens is 291 g/mol. The molecule has 0 saturated heterocycles. The highest BCUT2D eigenvalue weighted by molar-refractivity contribution is 5.94. The molecule has 5 heteroatoms. The molecule has 2 aromatic carbocycles. The van der Waals surface area contributed by atoms with Crippen molar-refractivity contribution in [2.45, 2.75) is 13.1 Å². The van der Waals surface area contributed by atoms with Crippen LogP contribution in [-0.2, 0) is 6.18 Å². The minimum atomic E-state index is -4.39. The van der Waals surface area contributed by atoms with E-state index >= 15 is 0 Å². The minimum absolute atomic E-state index is 0.148. The number of aromatic hydroxyl groups is 1. The molecular formula is C17H12F3NO. The van der Waals surface area contributed by atoms with E-state index in [0.717, 1.165) is 28.8 Å². The van der Waals surface area contributed by atoms with E-state index in [9.17, 15) is 18.3 Å². The van der Waals surface area contributed by atoms with E-state index in [1.807, 2.05) is 6.07 Å². The van der Waals surface area contributed by atoms with Crippen molar-refractivity contribution in [3.05, 3.63) is 59.8 Å². The number of hydrogen-bond donors (Lipinski definition) is 1. The Morgan fingerprint density at radius 3 is 2.45 bits per heavy atom. The van der Waals surface area contributed by atoms with Crippen molar-refractivity contribution in [3.8, 4) is 16.9 Å². The lowest BCUT2D eigenvalue weighted by molar-refractivity contribution is -0.137. The van der Waals surface area contributed by atoms with Gasteiger partial charge >= 0.3 is 6.18 Å². The van der Waals surface area contributed by atoms with E-state index in [-0.39, 0.29) is 11.3 Å². The molecule has 0 unspecified atom stereocenters. The Hall–Kier alpha value is -2.56. The number of nitrogens with zero attached hydrogens (tertiary/aromatic N) is 1. The van der Waals surface area contributed by atoms with Crippen molar-refractivity contribution in [2.75, 3.05) is 0 Å². The van der Waals surface area contributed by atoms with Gasteiger partial charge in [-0.15, -0.1) is 0 Å². The molecule has 0 atom stereocenters. The lowest BCUT2D eigenvalue weighted by Gasteiger charge is -2.11. The number of fused-ring (bicyclic) bond motifs is 1. The Morgan fingerprint density at radius 1 is 1.00 bits per heavy atom. The molecule has 0 aliphatic carbocycles. The zero-order valence-electron chi connectivity index (χ0n) is 11.6. The van der Waals surface area contributed by atoms with Crippen LogP contribution < -0.4 is 0 Å². The smallest absolute Gasteiger partial charge is 0.416 e. The molecule has 0 spiro atoms. The maximum atomic E-state index is 12.8. The number of aromatic nitrogens is 1. The Kier molecular flexibility index (Phi) is 3.28. The van der Waals surface area contributed by atoms with Crippen molar-refractivity contribution in [1.82, 2.24) is 4.98 Å². The van der Waals surface area contributed by atoms with Gasteiger partial charge in [-0.1, -0.05) is 18.2 Å². The second kappa shape index (κ2) is 5.02. The number of rotatable bonds is 1. The molecule has 0 saturated carbocycles. The number of phenolic OH excluding ortho intramolecular Hbond substituents is 1. The van der Waals surface area contributed by atoms with E-state index in [4.69, 9.17) is 0 Å². The normalized spacial score (nSPS) is 11.8. The van der Waals surface area contributed by atoms with Crippen LogP contribution in [-0.4, -0.2) is 10.1 Å². The maximum absolute atomic E-state index is 12.8. The van der Waals surface area contributed by atoms with E-state index in [2.05, 4.69) is 4.98 Å². The molecule has 112 valence electrons. The quantitative estimate of drug-likeness (QED) is 0.691. The third kappa shape index (κ3) is 2.50. The third-order valence-electron chi connectivity index (χ3n) is 3.59. The summed E-state index contributed by atoms with van der Waals surface area (Å²) in [5.41, 5.74) is 1.74. The van der Waals surface area contributed by atoms with Crippen molar-refractivity contribution in [3.63, 3.8) is 0 Å². The van der Waals surface area contributed by atoms with Gasteiger partial charge in [0.2, 0.25) is 0 Å². The summed E-state index contributed by atoms with van der Waals surface area (Å²) in [6, 6.07) is 10.4. The molecule has 22 heavy (non-hydrogen) atoms. The summed E-state index contributed by atoms with van der Waals surface area (Å²) in [5, 5.41) is 10.4. The Labute approximate surface area is 124 Å². The van der Waals surface area contributed by atoms with Crippen molar-refractivity contribution in [1.29, 1.82) is 0 Å². The fourth-order valence-corrected chi connectivity index (χ4v) is 2.35. The number of pyridine rings is 1. The predicted octanol–water partition coefficient (Wildman–Crippen LogP) is 4.93. The number of benzene rings is 2. The van der Waals surface area contributed by atoms with Crippen LogP contribution >= 0.6 is 0 Å². The molecule has 1 N–H and O–H groups in total. The van der Waals surface area contributed by atoms with Gasteiger partial charge in [-0.3, -0.25) is 4.98 Å². The van der Waals surface area contributed by atoms with Gasteiger partial charge in [0.05, 0.1) is 11.1 Å². The summed E-state index contributed by atoms with van der Waals surface area (Å²) >= 11 is 0. The molecule has 1 heterocycles. The molecule has 0 fully saturated rings. The van der Waals surface area contributed by atoms with Crippen LogP contribution in [0, 0.1) is 6.92 Å². The summed E-state index contributed by atoms with van der Waals surface area (Å²) in [4.78, 5) is 4.02. The van der Waals surface area contributed by atoms with Crippen LogP contribution in [0.15, 0.2) is 48.7 Å². The van der Waals surface area contributed by atoms with Gasteiger partial charge in [0.15, 0.2) is 0 Å². The summed E-state index contributed by atoms with van der Waals surface area (Å²) in [6.07, 6.45) is -2.93. The monoisotopic (exact) mass is 303 g/mol. The van der Waals surface area contributed by atoms with Crippen molar-refractivity contribution < 1.29 is 18.3 Å². The van der Waals surface area contributed by atoms with E-state index in [1.165, 1.54) is 12.3 Å².